The van der Waals surface area contributed by atoms with Crippen LogP contribution < -0.4 is 5.56 Å². The van der Waals surface area contributed by atoms with E-state index in [4.69, 9.17) is 5.11 Å². The first kappa shape index (κ1) is 12.8. The lowest BCUT2D eigenvalue weighted by molar-refractivity contribution is -0.152. The van der Waals surface area contributed by atoms with Crippen LogP contribution >= 0.6 is 0 Å². The zero-order valence-electron chi connectivity index (χ0n) is 10.8. The number of H-pyrrole nitrogens is 1. The monoisotopic (exact) mass is 252 g/mol. The minimum atomic E-state index is -1.56. The first-order chi connectivity index (χ1) is 8.16. The highest BCUT2D eigenvalue weighted by molar-refractivity contribution is 6.29. The molecular formula is C12H16N2O4. The topological polar surface area (TPSA) is 92.2 Å². The molecule has 2 rings (SSSR count). The van der Waals surface area contributed by atoms with E-state index < -0.39 is 29.1 Å². The normalized spacial score (nSPS) is 24.3. The van der Waals surface area contributed by atoms with Crippen LogP contribution in [0.3, 0.4) is 0 Å². The van der Waals surface area contributed by atoms with Gasteiger partial charge in [0.2, 0.25) is 0 Å². The van der Waals surface area contributed by atoms with Crippen LogP contribution in [0, 0.1) is 6.92 Å². The van der Waals surface area contributed by atoms with Gasteiger partial charge in [0, 0.05) is 5.69 Å². The van der Waals surface area contributed by atoms with E-state index in [1.807, 2.05) is 20.8 Å². The first-order valence-corrected chi connectivity index (χ1v) is 5.73. The number of ketones is 2. The van der Waals surface area contributed by atoms with Crippen molar-refractivity contribution in [3.05, 3.63) is 21.6 Å². The molecule has 1 aromatic rings. The third kappa shape index (κ3) is 1.56. The van der Waals surface area contributed by atoms with Crippen LogP contribution in [-0.4, -0.2) is 32.6 Å². The SMILES string of the molecule is Cc1[nH]n(C(C)(C)C)c(=O)c1C1C(=O)C(O)C1=O. The number of aromatic nitrogens is 2. The van der Waals surface area contributed by atoms with Crippen LogP contribution in [0.4, 0.5) is 0 Å². The van der Waals surface area contributed by atoms with Crippen molar-refractivity contribution >= 4 is 11.6 Å². The second-order valence-corrected chi connectivity index (χ2v) is 5.60. The highest BCUT2D eigenvalue weighted by Crippen LogP contribution is 2.30. The zero-order chi connectivity index (χ0) is 13.8. The van der Waals surface area contributed by atoms with Gasteiger partial charge >= 0.3 is 0 Å². The molecular weight excluding hydrogens is 236 g/mol. The molecule has 0 radical (unpaired) electrons. The fourth-order valence-corrected chi connectivity index (χ4v) is 2.16. The molecule has 0 spiro atoms. The summed E-state index contributed by atoms with van der Waals surface area (Å²) in [6.45, 7) is 7.17. The molecule has 0 aliphatic heterocycles. The van der Waals surface area contributed by atoms with Crippen molar-refractivity contribution in [2.45, 2.75) is 45.3 Å². The van der Waals surface area contributed by atoms with E-state index >= 15 is 0 Å². The van der Waals surface area contributed by atoms with Crippen molar-refractivity contribution in [1.29, 1.82) is 0 Å². The number of hydrogen-bond acceptors (Lipinski definition) is 4. The van der Waals surface area contributed by atoms with Crippen molar-refractivity contribution in [1.82, 2.24) is 9.78 Å². The van der Waals surface area contributed by atoms with Gasteiger partial charge in [0.25, 0.3) is 5.56 Å². The number of rotatable bonds is 1. The Morgan fingerprint density at radius 2 is 1.67 bits per heavy atom. The van der Waals surface area contributed by atoms with Crippen LogP contribution in [0.25, 0.3) is 0 Å². The van der Waals surface area contributed by atoms with Gasteiger partial charge in [-0.2, -0.15) is 0 Å². The van der Waals surface area contributed by atoms with E-state index in [9.17, 15) is 14.4 Å². The summed E-state index contributed by atoms with van der Waals surface area (Å²) in [7, 11) is 0. The van der Waals surface area contributed by atoms with E-state index in [1.165, 1.54) is 4.68 Å². The van der Waals surface area contributed by atoms with Crippen LogP contribution in [-0.2, 0) is 15.1 Å². The Morgan fingerprint density at radius 3 is 2.06 bits per heavy atom. The van der Waals surface area contributed by atoms with Gasteiger partial charge in [-0.15, -0.1) is 0 Å². The molecule has 1 fully saturated rings. The Balaban J connectivity index is 2.55. The summed E-state index contributed by atoms with van der Waals surface area (Å²) in [5.41, 5.74) is -0.188. The third-order valence-corrected chi connectivity index (χ3v) is 3.18. The van der Waals surface area contributed by atoms with E-state index in [-0.39, 0.29) is 11.1 Å². The Labute approximate surface area is 104 Å². The standard InChI is InChI=1S/C12H16N2O4/c1-5-6(7-8(15)10(17)9(7)16)11(18)14(13-5)12(2,3)4/h7,10,13,17H,1-4H3. The van der Waals surface area contributed by atoms with Crippen molar-refractivity contribution in [3.8, 4) is 0 Å². The predicted molar refractivity (Wildman–Crippen MR) is 63.5 cm³/mol. The van der Waals surface area contributed by atoms with E-state index in [0.29, 0.717) is 5.69 Å². The van der Waals surface area contributed by atoms with Crippen molar-refractivity contribution in [3.63, 3.8) is 0 Å². The highest BCUT2D eigenvalue weighted by atomic mass is 16.3. The van der Waals surface area contributed by atoms with E-state index in [1.54, 1.807) is 6.92 Å². The molecule has 0 bridgehead atoms. The number of nitrogens with zero attached hydrogens (tertiary/aromatic N) is 1. The zero-order valence-corrected chi connectivity index (χ0v) is 10.8. The number of aromatic amines is 1. The van der Waals surface area contributed by atoms with Crippen LogP contribution in [0.5, 0.6) is 0 Å². The number of nitrogens with one attached hydrogen (secondary N) is 1. The van der Waals surface area contributed by atoms with Crippen LogP contribution in [0.15, 0.2) is 4.79 Å². The molecule has 1 aromatic heterocycles. The van der Waals surface area contributed by atoms with Crippen molar-refractivity contribution in [2.24, 2.45) is 0 Å². The number of carbonyl (C=O) groups excluding carboxylic acids is 2. The maximum atomic E-state index is 12.2. The summed E-state index contributed by atoms with van der Waals surface area (Å²) in [5, 5.41) is 12.0. The molecule has 1 aliphatic rings. The molecule has 0 amide bonds. The quantitative estimate of drug-likeness (QED) is 0.679. The summed E-state index contributed by atoms with van der Waals surface area (Å²) < 4.78 is 1.39. The second kappa shape index (κ2) is 3.65. The lowest BCUT2D eigenvalue weighted by atomic mass is 9.75. The molecule has 1 saturated carbocycles. The van der Waals surface area contributed by atoms with Crippen LogP contribution in [0.1, 0.15) is 37.9 Å². The Morgan fingerprint density at radius 1 is 1.17 bits per heavy atom. The summed E-state index contributed by atoms with van der Waals surface area (Å²) >= 11 is 0. The average molecular weight is 252 g/mol. The van der Waals surface area contributed by atoms with Gasteiger partial charge < -0.3 is 5.11 Å². The lowest BCUT2D eigenvalue weighted by Crippen LogP contribution is -2.52. The lowest BCUT2D eigenvalue weighted by Gasteiger charge is -2.27. The molecule has 1 aliphatic carbocycles. The van der Waals surface area contributed by atoms with Gasteiger partial charge in [-0.25, -0.2) is 4.68 Å². The summed E-state index contributed by atoms with van der Waals surface area (Å²) in [5.74, 6) is -2.30. The van der Waals surface area contributed by atoms with Crippen LogP contribution in [0.2, 0.25) is 0 Å². The number of Topliss-reactive ketones (excluding diaryl/α,β-unsaturated/α-hetero) is 2. The van der Waals surface area contributed by atoms with Gasteiger partial charge in [-0.1, -0.05) is 0 Å². The molecule has 0 atom stereocenters. The molecule has 0 aromatic carbocycles. The average Bonchev–Trinajstić information content (AvgIpc) is 2.56. The number of aliphatic hydroxyl groups is 1. The van der Waals surface area contributed by atoms with Crippen molar-refractivity contribution < 1.29 is 14.7 Å². The smallest absolute Gasteiger partial charge is 0.271 e. The largest absolute Gasteiger partial charge is 0.377 e. The van der Waals surface area contributed by atoms with Crippen molar-refractivity contribution in [2.75, 3.05) is 0 Å². The van der Waals surface area contributed by atoms with E-state index in [2.05, 4.69) is 5.10 Å². The maximum absolute atomic E-state index is 12.2. The third-order valence-electron chi connectivity index (χ3n) is 3.18. The Hall–Kier alpha value is -1.69. The number of carbonyl (C=O) groups is 2. The molecule has 2 N–H and O–H groups in total. The summed E-state index contributed by atoms with van der Waals surface area (Å²) in [6, 6.07) is 0. The van der Waals surface area contributed by atoms with Gasteiger partial charge in [-0.3, -0.25) is 19.5 Å². The minimum absolute atomic E-state index is 0.158. The maximum Gasteiger partial charge on any atom is 0.271 e. The van der Waals surface area contributed by atoms with Gasteiger partial charge in [-0.05, 0) is 27.7 Å². The number of aliphatic hydroxyl groups excluding tert-OH is 1. The van der Waals surface area contributed by atoms with E-state index in [0.717, 1.165) is 0 Å². The number of aryl methyl sites for hydroxylation is 1. The fraction of sp³-hybridized carbons (Fsp3) is 0.583. The second-order valence-electron chi connectivity index (χ2n) is 5.60. The molecule has 0 unspecified atom stereocenters. The molecule has 1 heterocycles. The highest BCUT2D eigenvalue weighted by Gasteiger charge is 2.51. The minimum Gasteiger partial charge on any atom is -0.377 e. The molecule has 98 valence electrons. The van der Waals surface area contributed by atoms with Gasteiger partial charge in [0.1, 0.15) is 5.92 Å². The first-order valence-electron chi connectivity index (χ1n) is 5.73. The summed E-state index contributed by atoms with van der Waals surface area (Å²) in [4.78, 5) is 35.2. The Kier molecular flexibility index (Phi) is 2.59. The molecule has 0 saturated heterocycles. The summed E-state index contributed by atoms with van der Waals surface area (Å²) in [6.07, 6.45) is -1.56. The fourth-order valence-electron chi connectivity index (χ4n) is 2.16. The number of hydrogen-bond donors (Lipinski definition) is 2. The predicted octanol–water partition coefficient (Wildman–Crippen LogP) is -0.164. The Bertz CT molecular complexity index is 572. The molecule has 6 heteroatoms. The molecule has 6 nitrogen and oxygen atoms in total. The van der Waals surface area contributed by atoms with Gasteiger partial charge in [0.05, 0.1) is 11.1 Å². The van der Waals surface area contributed by atoms with Gasteiger partial charge in [0.15, 0.2) is 17.7 Å². The molecule has 18 heavy (non-hydrogen) atoms.